The fourth-order valence-corrected chi connectivity index (χ4v) is 2.30. The highest BCUT2D eigenvalue weighted by Crippen LogP contribution is 2.37. The molecule has 0 N–H and O–H groups in total. The van der Waals surface area contributed by atoms with Gasteiger partial charge in [-0.2, -0.15) is 0 Å². The van der Waals surface area contributed by atoms with E-state index in [1.54, 1.807) is 20.2 Å². The van der Waals surface area contributed by atoms with Crippen LogP contribution in [0.3, 0.4) is 0 Å². The molecule has 2 rings (SSSR count). The number of amides is 1. The van der Waals surface area contributed by atoms with E-state index in [4.69, 9.17) is 13.7 Å². The number of rotatable bonds is 2. The molecule has 0 spiro atoms. The molecule has 1 aromatic rings. The van der Waals surface area contributed by atoms with E-state index in [-0.39, 0.29) is 11.7 Å². The van der Waals surface area contributed by atoms with Crippen molar-refractivity contribution in [2.24, 2.45) is 0 Å². The van der Waals surface area contributed by atoms with E-state index in [2.05, 4.69) is 15.9 Å². The van der Waals surface area contributed by atoms with Crippen molar-refractivity contribution >= 4 is 34.4 Å². The zero-order valence-corrected chi connectivity index (χ0v) is 14.2. The zero-order valence-electron chi connectivity index (χ0n) is 12.6. The first-order chi connectivity index (χ1) is 9.05. The Kier molecular flexibility index (Phi) is 3.82. The van der Waals surface area contributed by atoms with Crippen LogP contribution in [0.25, 0.3) is 0 Å². The Balaban J connectivity index is 2.38. The molecular formula is C13H19BBrNO4. The summed E-state index contributed by atoms with van der Waals surface area (Å²) in [6.45, 7) is 7.87. The van der Waals surface area contributed by atoms with E-state index in [1.165, 1.54) is 4.90 Å². The predicted molar refractivity (Wildman–Crippen MR) is 80.1 cm³/mol. The SMILES string of the molecule is CN(C)C(=O)c1oc(Br)cc1B1OC(C)(C)C(C)(C)O1. The first-order valence-corrected chi connectivity index (χ1v) is 7.21. The largest absolute Gasteiger partial charge is 0.499 e. The molecule has 0 radical (unpaired) electrons. The van der Waals surface area contributed by atoms with E-state index < -0.39 is 18.3 Å². The number of hydrogen-bond acceptors (Lipinski definition) is 4. The Bertz CT molecular complexity index is 522. The molecule has 0 saturated carbocycles. The number of carbonyl (C=O) groups is 1. The van der Waals surface area contributed by atoms with Gasteiger partial charge in [-0.1, -0.05) is 0 Å². The molecule has 2 heterocycles. The predicted octanol–water partition coefficient (Wildman–Crippen LogP) is 2.04. The molecule has 1 fully saturated rings. The van der Waals surface area contributed by atoms with Crippen LogP contribution in [0, 0.1) is 0 Å². The molecule has 1 saturated heterocycles. The molecular weight excluding hydrogens is 325 g/mol. The number of furan rings is 1. The molecule has 0 unspecified atom stereocenters. The summed E-state index contributed by atoms with van der Waals surface area (Å²) >= 11 is 3.26. The molecule has 7 heteroatoms. The van der Waals surface area contributed by atoms with E-state index in [0.717, 1.165) is 0 Å². The Morgan fingerprint density at radius 1 is 1.20 bits per heavy atom. The van der Waals surface area contributed by atoms with Gasteiger partial charge in [0.1, 0.15) is 0 Å². The van der Waals surface area contributed by atoms with Crippen LogP contribution in [-0.2, 0) is 9.31 Å². The van der Waals surface area contributed by atoms with Gasteiger partial charge in [0, 0.05) is 19.6 Å². The highest BCUT2D eigenvalue weighted by molar-refractivity contribution is 9.10. The molecule has 0 aromatic carbocycles. The van der Waals surface area contributed by atoms with Gasteiger partial charge in [-0.05, 0) is 49.7 Å². The van der Waals surface area contributed by atoms with Gasteiger partial charge in [0.15, 0.2) is 10.4 Å². The summed E-state index contributed by atoms with van der Waals surface area (Å²) in [4.78, 5) is 13.6. The van der Waals surface area contributed by atoms with Crippen LogP contribution >= 0.6 is 15.9 Å². The van der Waals surface area contributed by atoms with Crippen LogP contribution in [0.2, 0.25) is 0 Å². The van der Waals surface area contributed by atoms with Gasteiger partial charge in [-0.15, -0.1) is 0 Å². The fraction of sp³-hybridized carbons (Fsp3) is 0.615. The summed E-state index contributed by atoms with van der Waals surface area (Å²) in [6, 6.07) is 1.72. The summed E-state index contributed by atoms with van der Waals surface area (Å²) in [5.74, 6) is 0.0146. The topological polar surface area (TPSA) is 51.9 Å². The highest BCUT2D eigenvalue weighted by Gasteiger charge is 2.53. The number of hydrogen-bond donors (Lipinski definition) is 0. The summed E-state index contributed by atoms with van der Waals surface area (Å²) < 4.78 is 17.9. The van der Waals surface area contributed by atoms with Crippen LogP contribution in [0.5, 0.6) is 0 Å². The molecule has 5 nitrogen and oxygen atoms in total. The molecule has 110 valence electrons. The normalized spacial score (nSPS) is 20.2. The second-order valence-electron chi connectivity index (χ2n) is 6.12. The maximum atomic E-state index is 12.2. The van der Waals surface area contributed by atoms with Gasteiger partial charge in [-0.25, -0.2) is 0 Å². The minimum Gasteiger partial charge on any atom is -0.445 e. The Morgan fingerprint density at radius 3 is 2.15 bits per heavy atom. The lowest BCUT2D eigenvalue weighted by Gasteiger charge is -2.32. The van der Waals surface area contributed by atoms with Gasteiger partial charge >= 0.3 is 7.12 Å². The second-order valence-corrected chi connectivity index (χ2v) is 6.90. The third-order valence-corrected chi connectivity index (χ3v) is 4.23. The van der Waals surface area contributed by atoms with Gasteiger partial charge in [0.25, 0.3) is 5.91 Å². The fourth-order valence-electron chi connectivity index (χ4n) is 1.89. The van der Waals surface area contributed by atoms with Crippen LogP contribution in [-0.4, -0.2) is 43.2 Å². The van der Waals surface area contributed by atoms with Crippen molar-refractivity contribution in [3.05, 3.63) is 16.5 Å². The standard InChI is InChI=1S/C13H19BBrNO4/c1-12(2)13(3,4)20-14(19-12)8-7-9(15)18-10(8)11(17)16(5)6/h7H,1-6H3. The lowest BCUT2D eigenvalue weighted by Crippen LogP contribution is -2.41. The Hall–Kier alpha value is -0.785. The Morgan fingerprint density at radius 2 is 1.70 bits per heavy atom. The molecule has 0 atom stereocenters. The van der Waals surface area contributed by atoms with E-state index in [1.807, 2.05) is 27.7 Å². The van der Waals surface area contributed by atoms with Crippen LogP contribution in [0.1, 0.15) is 38.2 Å². The van der Waals surface area contributed by atoms with E-state index in [0.29, 0.717) is 10.1 Å². The summed E-state index contributed by atoms with van der Waals surface area (Å²) in [7, 11) is 2.73. The molecule has 0 aliphatic carbocycles. The van der Waals surface area contributed by atoms with Crippen LogP contribution < -0.4 is 5.46 Å². The van der Waals surface area contributed by atoms with Gasteiger partial charge in [-0.3, -0.25) is 4.79 Å². The number of halogens is 1. The molecule has 1 amide bonds. The molecule has 20 heavy (non-hydrogen) atoms. The van der Waals surface area contributed by atoms with Crippen LogP contribution in [0.4, 0.5) is 0 Å². The van der Waals surface area contributed by atoms with Crippen molar-refractivity contribution < 1.29 is 18.5 Å². The number of nitrogens with zero attached hydrogens (tertiary/aromatic N) is 1. The van der Waals surface area contributed by atoms with Crippen molar-refractivity contribution in [2.75, 3.05) is 14.1 Å². The van der Waals surface area contributed by atoms with Gasteiger partial charge in [0.05, 0.1) is 11.2 Å². The maximum absolute atomic E-state index is 12.2. The van der Waals surface area contributed by atoms with Crippen molar-refractivity contribution in [1.82, 2.24) is 4.90 Å². The lowest BCUT2D eigenvalue weighted by atomic mass is 9.79. The molecule has 1 aromatic heterocycles. The van der Waals surface area contributed by atoms with Crippen molar-refractivity contribution in [1.29, 1.82) is 0 Å². The molecule has 0 bridgehead atoms. The quantitative estimate of drug-likeness (QED) is 0.771. The third-order valence-electron chi connectivity index (χ3n) is 3.84. The molecule has 1 aliphatic rings. The van der Waals surface area contributed by atoms with Gasteiger partial charge in [0.2, 0.25) is 0 Å². The Labute approximate surface area is 127 Å². The average Bonchev–Trinajstić information content (AvgIpc) is 2.76. The maximum Gasteiger partial charge on any atom is 0.499 e. The zero-order chi connectivity index (χ0) is 15.3. The number of carbonyl (C=O) groups excluding carboxylic acids is 1. The van der Waals surface area contributed by atoms with Crippen molar-refractivity contribution in [2.45, 2.75) is 38.9 Å². The smallest absolute Gasteiger partial charge is 0.445 e. The minimum absolute atomic E-state index is 0.222. The van der Waals surface area contributed by atoms with Gasteiger partial charge < -0.3 is 18.6 Å². The summed E-state index contributed by atoms with van der Waals surface area (Å²) in [5, 5.41) is 0. The van der Waals surface area contributed by atoms with E-state index >= 15 is 0 Å². The third kappa shape index (κ3) is 2.54. The second kappa shape index (κ2) is 4.89. The summed E-state index contributed by atoms with van der Waals surface area (Å²) in [6.07, 6.45) is 0. The minimum atomic E-state index is -0.617. The van der Waals surface area contributed by atoms with Crippen molar-refractivity contribution in [3.63, 3.8) is 0 Å². The average molecular weight is 344 g/mol. The van der Waals surface area contributed by atoms with Crippen LogP contribution in [0.15, 0.2) is 15.2 Å². The molecule has 1 aliphatic heterocycles. The highest BCUT2D eigenvalue weighted by atomic mass is 79.9. The van der Waals surface area contributed by atoms with Crippen molar-refractivity contribution in [3.8, 4) is 0 Å². The van der Waals surface area contributed by atoms with E-state index in [9.17, 15) is 4.79 Å². The monoisotopic (exact) mass is 343 g/mol. The first-order valence-electron chi connectivity index (χ1n) is 6.42. The lowest BCUT2D eigenvalue weighted by molar-refractivity contribution is 0.00578. The first kappa shape index (κ1) is 15.6. The summed E-state index contributed by atoms with van der Waals surface area (Å²) in [5.41, 5.74) is -0.311.